The van der Waals surface area contributed by atoms with Gasteiger partial charge in [0.05, 0.1) is 5.56 Å². The number of pyridine rings is 1. The number of hydrogen-bond acceptors (Lipinski definition) is 5. The van der Waals surface area contributed by atoms with Crippen molar-refractivity contribution in [2.75, 3.05) is 32.1 Å². The fourth-order valence-corrected chi connectivity index (χ4v) is 3.91. The van der Waals surface area contributed by atoms with E-state index >= 15 is 0 Å². The van der Waals surface area contributed by atoms with Gasteiger partial charge in [-0.15, -0.1) is 0 Å². The monoisotopic (exact) mass is 429 g/mol. The Bertz CT molecular complexity index is 1200. The number of aromatic nitrogens is 1. The molecule has 1 saturated heterocycles. The Morgan fingerprint density at radius 2 is 1.94 bits per heavy atom. The minimum absolute atomic E-state index is 0.00778. The fourth-order valence-electron chi connectivity index (χ4n) is 3.91. The second kappa shape index (κ2) is 8.77. The highest BCUT2D eigenvalue weighted by Crippen LogP contribution is 2.34. The first-order chi connectivity index (χ1) is 15.4. The molecule has 2 N–H and O–H groups in total. The van der Waals surface area contributed by atoms with Crippen molar-refractivity contribution in [2.24, 2.45) is 5.73 Å². The van der Waals surface area contributed by atoms with Crippen LogP contribution in [0.3, 0.4) is 0 Å². The standard InChI is InChI=1S/C25H24FN5O/c1-30(2)24-8-6-19(14-29-24)21-7-5-17(25(32)31-10-9-20(28)15-31)11-22(21)16-3-4-18(13-27)23(26)12-16/h3-8,11-12,14,20H,9-10,15,28H2,1-2H3/t20-/m0/s1. The summed E-state index contributed by atoms with van der Waals surface area (Å²) in [4.78, 5) is 21.2. The molecule has 1 aromatic heterocycles. The summed E-state index contributed by atoms with van der Waals surface area (Å²) >= 11 is 0. The number of likely N-dealkylation sites (tertiary alicyclic amines) is 1. The highest BCUT2D eigenvalue weighted by molar-refractivity contribution is 5.98. The molecule has 0 bridgehead atoms. The summed E-state index contributed by atoms with van der Waals surface area (Å²) < 4.78 is 14.4. The first-order valence-electron chi connectivity index (χ1n) is 10.4. The number of hydrogen-bond donors (Lipinski definition) is 1. The normalized spacial score (nSPS) is 15.5. The molecule has 32 heavy (non-hydrogen) atoms. The minimum atomic E-state index is -0.598. The Balaban J connectivity index is 1.81. The number of rotatable bonds is 4. The molecule has 2 aromatic carbocycles. The molecule has 0 saturated carbocycles. The number of halogens is 1. The third kappa shape index (κ3) is 4.18. The average Bonchev–Trinajstić information content (AvgIpc) is 3.24. The Hall–Kier alpha value is -3.76. The smallest absolute Gasteiger partial charge is 0.253 e. The lowest BCUT2D eigenvalue weighted by atomic mass is 9.92. The molecule has 4 rings (SSSR count). The van der Waals surface area contributed by atoms with E-state index in [9.17, 15) is 9.18 Å². The Morgan fingerprint density at radius 1 is 1.16 bits per heavy atom. The van der Waals surface area contributed by atoms with Crippen LogP contribution < -0.4 is 10.6 Å². The molecule has 3 aromatic rings. The third-order valence-electron chi connectivity index (χ3n) is 5.70. The van der Waals surface area contributed by atoms with E-state index in [1.165, 1.54) is 12.1 Å². The topological polar surface area (TPSA) is 86.3 Å². The zero-order valence-electron chi connectivity index (χ0n) is 18.0. The van der Waals surface area contributed by atoms with Gasteiger partial charge in [0.1, 0.15) is 17.7 Å². The summed E-state index contributed by atoms with van der Waals surface area (Å²) in [7, 11) is 3.83. The molecule has 1 fully saturated rings. The Kier molecular flexibility index (Phi) is 5.89. The molecule has 6 nitrogen and oxygen atoms in total. The second-order valence-corrected chi connectivity index (χ2v) is 8.17. The van der Waals surface area contributed by atoms with Crippen LogP contribution in [0.5, 0.6) is 0 Å². The maximum atomic E-state index is 14.4. The van der Waals surface area contributed by atoms with E-state index in [1.54, 1.807) is 29.3 Å². The van der Waals surface area contributed by atoms with E-state index in [1.807, 2.05) is 43.3 Å². The summed E-state index contributed by atoms with van der Waals surface area (Å²) in [6.45, 7) is 1.15. The lowest BCUT2D eigenvalue weighted by molar-refractivity contribution is 0.0791. The lowest BCUT2D eigenvalue weighted by Gasteiger charge is -2.18. The number of carbonyl (C=O) groups excluding carboxylic acids is 1. The van der Waals surface area contributed by atoms with Crippen LogP contribution in [0, 0.1) is 17.1 Å². The molecule has 1 aliphatic heterocycles. The molecule has 0 unspecified atom stereocenters. The molecular formula is C25H24FN5O. The van der Waals surface area contributed by atoms with Gasteiger partial charge in [-0.25, -0.2) is 9.37 Å². The highest BCUT2D eigenvalue weighted by atomic mass is 19.1. The molecular weight excluding hydrogens is 405 g/mol. The Labute approximate surface area is 186 Å². The first-order valence-corrected chi connectivity index (χ1v) is 10.4. The van der Waals surface area contributed by atoms with Gasteiger partial charge in [-0.05, 0) is 59.5 Å². The van der Waals surface area contributed by atoms with Gasteiger partial charge in [0.25, 0.3) is 5.91 Å². The number of benzene rings is 2. The van der Waals surface area contributed by atoms with Crippen molar-refractivity contribution in [3.63, 3.8) is 0 Å². The van der Waals surface area contributed by atoms with Crippen LogP contribution in [0.25, 0.3) is 22.3 Å². The van der Waals surface area contributed by atoms with Crippen LogP contribution in [-0.4, -0.2) is 49.0 Å². The number of nitrogens with two attached hydrogens (primary N) is 1. The molecule has 0 spiro atoms. The van der Waals surface area contributed by atoms with E-state index < -0.39 is 5.82 Å². The van der Waals surface area contributed by atoms with Crippen molar-refractivity contribution in [2.45, 2.75) is 12.5 Å². The lowest BCUT2D eigenvalue weighted by Crippen LogP contribution is -2.31. The van der Waals surface area contributed by atoms with E-state index in [0.29, 0.717) is 29.8 Å². The predicted molar refractivity (Wildman–Crippen MR) is 123 cm³/mol. The minimum Gasteiger partial charge on any atom is -0.363 e. The molecule has 162 valence electrons. The molecule has 1 amide bonds. The number of carbonyl (C=O) groups is 1. The summed E-state index contributed by atoms with van der Waals surface area (Å²) in [6, 6.07) is 15.6. The summed E-state index contributed by atoms with van der Waals surface area (Å²) in [5.41, 5.74) is 9.41. The summed E-state index contributed by atoms with van der Waals surface area (Å²) in [5.74, 6) is 0.122. The molecule has 1 atom stereocenters. The maximum absolute atomic E-state index is 14.4. The van der Waals surface area contributed by atoms with Crippen LogP contribution in [0.4, 0.5) is 10.2 Å². The second-order valence-electron chi connectivity index (χ2n) is 8.17. The molecule has 7 heteroatoms. The quantitative estimate of drug-likeness (QED) is 0.684. The fraction of sp³-hybridized carbons (Fsp3) is 0.240. The largest absolute Gasteiger partial charge is 0.363 e. The van der Waals surface area contributed by atoms with Gasteiger partial charge >= 0.3 is 0 Å². The van der Waals surface area contributed by atoms with Gasteiger partial charge in [0.15, 0.2) is 0 Å². The van der Waals surface area contributed by atoms with Crippen molar-refractivity contribution in [1.29, 1.82) is 5.26 Å². The molecule has 0 radical (unpaired) electrons. The van der Waals surface area contributed by atoms with Gasteiger partial charge in [0, 0.05) is 50.6 Å². The van der Waals surface area contributed by atoms with Crippen molar-refractivity contribution >= 4 is 11.7 Å². The van der Waals surface area contributed by atoms with Gasteiger partial charge in [-0.3, -0.25) is 4.79 Å². The van der Waals surface area contributed by atoms with Crippen LogP contribution in [0.1, 0.15) is 22.3 Å². The summed E-state index contributed by atoms with van der Waals surface area (Å²) in [6.07, 6.45) is 2.54. The van der Waals surface area contributed by atoms with Gasteiger partial charge in [-0.2, -0.15) is 5.26 Å². The van der Waals surface area contributed by atoms with Crippen LogP contribution >= 0.6 is 0 Å². The van der Waals surface area contributed by atoms with Gasteiger partial charge in [-0.1, -0.05) is 12.1 Å². The SMILES string of the molecule is CN(C)c1ccc(-c2ccc(C(=O)N3CC[C@H](N)C3)cc2-c2ccc(C#N)c(F)c2)cn1. The number of nitrogens with zero attached hydrogens (tertiary/aromatic N) is 4. The Morgan fingerprint density at radius 3 is 2.53 bits per heavy atom. The van der Waals surface area contributed by atoms with Crippen molar-refractivity contribution in [1.82, 2.24) is 9.88 Å². The maximum Gasteiger partial charge on any atom is 0.253 e. The molecule has 1 aliphatic rings. The predicted octanol–water partition coefficient (Wildman–Crippen LogP) is 3.67. The van der Waals surface area contributed by atoms with Crippen molar-refractivity contribution < 1.29 is 9.18 Å². The van der Waals surface area contributed by atoms with Crippen LogP contribution in [0.2, 0.25) is 0 Å². The highest BCUT2D eigenvalue weighted by Gasteiger charge is 2.25. The van der Waals surface area contributed by atoms with Crippen LogP contribution in [-0.2, 0) is 0 Å². The van der Waals surface area contributed by atoms with Crippen molar-refractivity contribution in [3.8, 4) is 28.3 Å². The van der Waals surface area contributed by atoms with E-state index in [2.05, 4.69) is 4.98 Å². The molecule has 2 heterocycles. The van der Waals surface area contributed by atoms with E-state index in [0.717, 1.165) is 23.4 Å². The average molecular weight is 429 g/mol. The number of nitriles is 1. The number of anilines is 1. The zero-order valence-corrected chi connectivity index (χ0v) is 18.0. The van der Waals surface area contributed by atoms with E-state index in [-0.39, 0.29) is 17.5 Å². The van der Waals surface area contributed by atoms with Crippen molar-refractivity contribution in [3.05, 3.63) is 71.7 Å². The zero-order chi connectivity index (χ0) is 22.8. The third-order valence-corrected chi connectivity index (χ3v) is 5.70. The van der Waals surface area contributed by atoms with Crippen LogP contribution in [0.15, 0.2) is 54.7 Å². The summed E-state index contributed by atoms with van der Waals surface area (Å²) in [5, 5.41) is 9.08. The first kappa shape index (κ1) is 21.5. The van der Waals surface area contributed by atoms with E-state index in [4.69, 9.17) is 11.0 Å². The molecule has 0 aliphatic carbocycles. The van der Waals surface area contributed by atoms with Gasteiger partial charge < -0.3 is 15.5 Å². The number of amides is 1. The van der Waals surface area contributed by atoms with Gasteiger partial charge in [0.2, 0.25) is 0 Å².